The highest BCUT2D eigenvalue weighted by atomic mass is 32.2. The molecule has 0 spiro atoms. The molecule has 0 saturated carbocycles. The lowest BCUT2D eigenvalue weighted by Crippen LogP contribution is -2.29. The van der Waals surface area contributed by atoms with E-state index >= 15 is 0 Å². The molecule has 18 heavy (non-hydrogen) atoms. The molecular weight excluding hydrogens is 259 g/mol. The molecule has 2 N–H and O–H groups in total. The van der Waals surface area contributed by atoms with E-state index in [1.54, 1.807) is 7.11 Å². The normalized spacial score (nSPS) is 12.0. The summed E-state index contributed by atoms with van der Waals surface area (Å²) in [5.41, 5.74) is 5.10. The number of sulfonamides is 1. The summed E-state index contributed by atoms with van der Waals surface area (Å²) in [6.45, 7) is 0.741. The molecular formula is C11H17FN2O3S. The lowest BCUT2D eigenvalue weighted by atomic mass is 10.3. The maximum atomic E-state index is 13.3. The van der Waals surface area contributed by atoms with Crippen molar-refractivity contribution < 1.29 is 17.5 Å². The number of rotatable bonds is 6. The second-order valence-corrected chi connectivity index (χ2v) is 5.84. The molecule has 0 aromatic heterocycles. The van der Waals surface area contributed by atoms with Crippen molar-refractivity contribution in [1.29, 1.82) is 0 Å². The Morgan fingerprint density at radius 1 is 1.44 bits per heavy atom. The van der Waals surface area contributed by atoms with E-state index in [1.165, 1.54) is 19.2 Å². The van der Waals surface area contributed by atoms with E-state index in [1.807, 2.05) is 0 Å². The zero-order chi connectivity index (χ0) is 13.8. The second-order valence-electron chi connectivity index (χ2n) is 3.82. The smallest absolute Gasteiger partial charge is 0.244 e. The molecule has 0 unspecified atom stereocenters. The monoisotopic (exact) mass is 276 g/mol. The topological polar surface area (TPSA) is 72.6 Å². The Morgan fingerprint density at radius 3 is 2.72 bits per heavy atom. The van der Waals surface area contributed by atoms with Gasteiger partial charge in [-0.25, -0.2) is 17.1 Å². The first-order valence-electron chi connectivity index (χ1n) is 5.40. The number of nitrogen functional groups attached to an aromatic ring is 1. The van der Waals surface area contributed by atoms with Crippen molar-refractivity contribution >= 4 is 15.7 Å². The molecule has 0 aliphatic heterocycles. The van der Waals surface area contributed by atoms with Gasteiger partial charge in [0.25, 0.3) is 0 Å². The van der Waals surface area contributed by atoms with E-state index in [0.29, 0.717) is 13.0 Å². The van der Waals surface area contributed by atoms with Crippen molar-refractivity contribution in [3.8, 4) is 0 Å². The highest BCUT2D eigenvalue weighted by Crippen LogP contribution is 2.23. The number of methoxy groups -OCH3 is 1. The van der Waals surface area contributed by atoms with Gasteiger partial charge in [0, 0.05) is 27.3 Å². The molecule has 5 nitrogen and oxygen atoms in total. The molecule has 0 amide bonds. The summed E-state index contributed by atoms with van der Waals surface area (Å²) in [4.78, 5) is -0.206. The van der Waals surface area contributed by atoms with Gasteiger partial charge >= 0.3 is 0 Å². The van der Waals surface area contributed by atoms with Crippen LogP contribution in [0.15, 0.2) is 23.1 Å². The minimum Gasteiger partial charge on any atom is -0.395 e. The molecule has 102 valence electrons. The Bertz CT molecular complexity index is 505. The highest BCUT2D eigenvalue weighted by molar-refractivity contribution is 7.89. The second kappa shape index (κ2) is 6.12. The molecule has 1 aromatic carbocycles. The van der Waals surface area contributed by atoms with Crippen molar-refractivity contribution in [2.45, 2.75) is 11.3 Å². The zero-order valence-corrected chi connectivity index (χ0v) is 11.2. The molecule has 0 fully saturated rings. The average molecular weight is 276 g/mol. The molecule has 0 saturated heterocycles. The van der Waals surface area contributed by atoms with Crippen molar-refractivity contribution in [2.75, 3.05) is 33.0 Å². The third-order valence-electron chi connectivity index (χ3n) is 2.52. The predicted octanol–water partition coefficient (Wildman–Crippen LogP) is 1.06. The maximum Gasteiger partial charge on any atom is 0.244 e. The van der Waals surface area contributed by atoms with Gasteiger partial charge in [0.05, 0.1) is 5.69 Å². The molecule has 0 heterocycles. The number of para-hydroxylation sites is 1. The lowest BCUT2D eigenvalue weighted by Gasteiger charge is -2.18. The van der Waals surface area contributed by atoms with Crippen LogP contribution in [0.4, 0.5) is 10.1 Å². The third-order valence-corrected chi connectivity index (χ3v) is 4.44. The van der Waals surface area contributed by atoms with Crippen LogP contribution in [0.2, 0.25) is 0 Å². The van der Waals surface area contributed by atoms with Gasteiger partial charge in [0.2, 0.25) is 10.0 Å². The quantitative estimate of drug-likeness (QED) is 0.623. The maximum absolute atomic E-state index is 13.3. The average Bonchev–Trinajstić information content (AvgIpc) is 2.32. The Morgan fingerprint density at radius 2 is 2.11 bits per heavy atom. The summed E-state index contributed by atoms with van der Waals surface area (Å²) < 4.78 is 43.5. The fraction of sp³-hybridized carbons (Fsp3) is 0.455. The van der Waals surface area contributed by atoms with Gasteiger partial charge in [-0.1, -0.05) is 6.07 Å². The number of hydrogen-bond donors (Lipinski definition) is 1. The fourth-order valence-corrected chi connectivity index (χ4v) is 2.79. The van der Waals surface area contributed by atoms with Crippen molar-refractivity contribution in [2.24, 2.45) is 0 Å². The molecule has 7 heteroatoms. The first-order chi connectivity index (χ1) is 8.41. The van der Waals surface area contributed by atoms with Crippen LogP contribution in [0.25, 0.3) is 0 Å². The van der Waals surface area contributed by atoms with Crippen LogP contribution in [0.5, 0.6) is 0 Å². The number of nitrogens with two attached hydrogens (primary N) is 1. The van der Waals surface area contributed by atoms with Crippen LogP contribution >= 0.6 is 0 Å². The molecule has 0 aliphatic carbocycles. The number of ether oxygens (including phenoxy) is 1. The van der Waals surface area contributed by atoms with E-state index in [-0.39, 0.29) is 17.1 Å². The highest BCUT2D eigenvalue weighted by Gasteiger charge is 2.24. The fourth-order valence-electron chi connectivity index (χ4n) is 1.46. The van der Waals surface area contributed by atoms with Crippen LogP contribution in [0.1, 0.15) is 6.42 Å². The molecule has 0 radical (unpaired) electrons. The van der Waals surface area contributed by atoms with Gasteiger partial charge in [-0.3, -0.25) is 0 Å². The molecule has 1 aromatic rings. The van der Waals surface area contributed by atoms with Crippen LogP contribution < -0.4 is 5.73 Å². The summed E-state index contributed by atoms with van der Waals surface area (Å²) in [5, 5.41) is 0. The Balaban J connectivity index is 2.95. The molecule has 0 bridgehead atoms. The summed E-state index contributed by atoms with van der Waals surface area (Å²) in [6, 6.07) is 3.74. The van der Waals surface area contributed by atoms with Crippen LogP contribution in [0.3, 0.4) is 0 Å². The Hall–Kier alpha value is -1.18. The summed E-state index contributed by atoms with van der Waals surface area (Å²) >= 11 is 0. The van der Waals surface area contributed by atoms with Crippen LogP contribution in [0, 0.1) is 5.82 Å². The van der Waals surface area contributed by atoms with Gasteiger partial charge < -0.3 is 10.5 Å². The van der Waals surface area contributed by atoms with Crippen molar-refractivity contribution in [1.82, 2.24) is 4.31 Å². The first-order valence-corrected chi connectivity index (χ1v) is 6.84. The van der Waals surface area contributed by atoms with Crippen LogP contribution in [-0.4, -0.2) is 40.0 Å². The number of anilines is 1. The summed E-state index contributed by atoms with van der Waals surface area (Å²) in [5.74, 6) is -0.735. The SMILES string of the molecule is COCCCN(C)S(=O)(=O)c1cccc(F)c1N. The Labute approximate surface area is 106 Å². The van der Waals surface area contributed by atoms with Gasteiger partial charge in [0.15, 0.2) is 0 Å². The van der Waals surface area contributed by atoms with E-state index in [2.05, 4.69) is 0 Å². The minimum atomic E-state index is -3.76. The van der Waals surface area contributed by atoms with E-state index < -0.39 is 15.8 Å². The Kier molecular flexibility index (Phi) is 5.06. The molecule has 1 rings (SSSR count). The van der Waals surface area contributed by atoms with Gasteiger partial charge in [0.1, 0.15) is 10.7 Å². The van der Waals surface area contributed by atoms with Gasteiger partial charge in [-0.2, -0.15) is 0 Å². The molecule has 0 atom stereocenters. The number of halogens is 1. The van der Waals surface area contributed by atoms with Crippen molar-refractivity contribution in [3.05, 3.63) is 24.0 Å². The van der Waals surface area contributed by atoms with Gasteiger partial charge in [-0.05, 0) is 18.6 Å². The third kappa shape index (κ3) is 3.18. The summed E-state index contributed by atoms with van der Waals surface area (Å²) in [6.07, 6.45) is 0.557. The van der Waals surface area contributed by atoms with E-state index in [0.717, 1.165) is 10.4 Å². The minimum absolute atomic E-state index is 0.206. The van der Waals surface area contributed by atoms with E-state index in [4.69, 9.17) is 10.5 Å². The number of benzene rings is 1. The van der Waals surface area contributed by atoms with Crippen molar-refractivity contribution in [3.63, 3.8) is 0 Å². The van der Waals surface area contributed by atoms with Gasteiger partial charge in [-0.15, -0.1) is 0 Å². The first kappa shape index (κ1) is 14.9. The molecule has 0 aliphatic rings. The number of nitrogens with zero attached hydrogens (tertiary/aromatic N) is 1. The number of hydrogen-bond acceptors (Lipinski definition) is 4. The van der Waals surface area contributed by atoms with E-state index in [9.17, 15) is 12.8 Å². The predicted molar refractivity (Wildman–Crippen MR) is 67.1 cm³/mol. The zero-order valence-electron chi connectivity index (χ0n) is 10.4. The lowest BCUT2D eigenvalue weighted by molar-refractivity contribution is 0.189. The summed E-state index contributed by atoms with van der Waals surface area (Å²) in [7, 11) is -0.793. The largest absolute Gasteiger partial charge is 0.395 e. The van der Waals surface area contributed by atoms with Crippen LogP contribution in [-0.2, 0) is 14.8 Å². The standard InChI is InChI=1S/C11H17FN2O3S/c1-14(7-4-8-17-2)18(15,16)10-6-3-5-9(12)11(10)13/h3,5-6H,4,7-8,13H2,1-2H3.